The fourth-order valence-corrected chi connectivity index (χ4v) is 3.76. The Kier molecular flexibility index (Phi) is 2.65. The molecule has 14 heavy (non-hydrogen) atoms. The molecule has 1 rings (SSSR count). The lowest BCUT2D eigenvalue weighted by molar-refractivity contribution is -0.0580. The van der Waals surface area contributed by atoms with Gasteiger partial charge in [0.15, 0.2) is 9.84 Å². The number of rotatable bonds is 2. The summed E-state index contributed by atoms with van der Waals surface area (Å²) in [5.74, 6) is -4.42. The van der Waals surface area contributed by atoms with Gasteiger partial charge in [0, 0.05) is 5.92 Å². The molecule has 0 aromatic heterocycles. The Hall–Kier alpha value is -0.230. The molecule has 0 aliphatic carbocycles. The highest BCUT2D eigenvalue weighted by atomic mass is 32.2. The molecule has 1 aliphatic heterocycles. The molecule has 0 saturated carbocycles. The maximum absolute atomic E-state index is 13.3. The Morgan fingerprint density at radius 2 is 2.00 bits per heavy atom. The average molecular weight is 227 g/mol. The molecule has 0 amide bonds. The first kappa shape index (κ1) is 11.8. The zero-order chi connectivity index (χ0) is 11.2. The second-order valence-electron chi connectivity index (χ2n) is 4.23. The van der Waals surface area contributed by atoms with Crippen molar-refractivity contribution in [1.29, 1.82) is 0 Å². The van der Waals surface area contributed by atoms with Crippen LogP contribution in [-0.4, -0.2) is 31.4 Å². The summed E-state index contributed by atoms with van der Waals surface area (Å²) in [5, 5.41) is 0. The van der Waals surface area contributed by atoms with Gasteiger partial charge in [0.1, 0.15) is 0 Å². The normalized spacial score (nSPS) is 30.5. The molecule has 1 saturated heterocycles. The van der Waals surface area contributed by atoms with Crippen molar-refractivity contribution in [2.75, 3.05) is 12.3 Å². The highest BCUT2D eigenvalue weighted by Gasteiger charge is 2.57. The van der Waals surface area contributed by atoms with Crippen molar-refractivity contribution in [3.8, 4) is 0 Å². The molecule has 0 bridgehead atoms. The van der Waals surface area contributed by atoms with Crippen molar-refractivity contribution in [1.82, 2.24) is 0 Å². The van der Waals surface area contributed by atoms with E-state index < -0.39 is 33.0 Å². The van der Waals surface area contributed by atoms with Crippen LogP contribution in [-0.2, 0) is 9.84 Å². The number of nitrogens with two attached hydrogens (primary N) is 1. The van der Waals surface area contributed by atoms with E-state index in [2.05, 4.69) is 0 Å². The molecule has 0 aromatic rings. The molecule has 0 aromatic carbocycles. The average Bonchev–Trinajstić information content (AvgIpc) is 2.23. The predicted molar refractivity (Wildman–Crippen MR) is 50.0 cm³/mol. The van der Waals surface area contributed by atoms with E-state index in [1.165, 1.54) is 13.8 Å². The Bertz CT molecular complexity index is 324. The second-order valence-corrected chi connectivity index (χ2v) is 6.92. The molecule has 1 unspecified atom stereocenters. The van der Waals surface area contributed by atoms with Crippen molar-refractivity contribution in [3.63, 3.8) is 0 Å². The van der Waals surface area contributed by atoms with Crippen LogP contribution in [0.15, 0.2) is 0 Å². The van der Waals surface area contributed by atoms with Gasteiger partial charge in [-0.2, -0.15) is 0 Å². The van der Waals surface area contributed by atoms with E-state index in [4.69, 9.17) is 5.73 Å². The highest BCUT2D eigenvalue weighted by molar-refractivity contribution is 7.93. The first-order valence-electron chi connectivity index (χ1n) is 4.45. The maximum atomic E-state index is 13.3. The van der Waals surface area contributed by atoms with Crippen LogP contribution in [0.5, 0.6) is 0 Å². The zero-order valence-corrected chi connectivity index (χ0v) is 9.07. The standard InChI is InChI=1S/C8H15F2NO2S/c1-7(2)6(8(9,10)5-11)3-4-14(7,12)13/h6H,3-5,11H2,1-2H3. The van der Waals surface area contributed by atoms with E-state index in [1.54, 1.807) is 0 Å². The molecule has 0 spiro atoms. The van der Waals surface area contributed by atoms with E-state index in [0.29, 0.717) is 0 Å². The highest BCUT2D eigenvalue weighted by Crippen LogP contribution is 2.45. The number of halogens is 2. The van der Waals surface area contributed by atoms with Crippen LogP contribution < -0.4 is 5.73 Å². The Morgan fingerprint density at radius 1 is 1.50 bits per heavy atom. The Morgan fingerprint density at radius 3 is 2.29 bits per heavy atom. The van der Waals surface area contributed by atoms with Crippen molar-refractivity contribution in [2.45, 2.75) is 30.9 Å². The van der Waals surface area contributed by atoms with Crippen LogP contribution in [0.25, 0.3) is 0 Å². The minimum Gasteiger partial charge on any atom is -0.325 e. The number of alkyl halides is 2. The van der Waals surface area contributed by atoms with Gasteiger partial charge in [-0.1, -0.05) is 0 Å². The summed E-state index contributed by atoms with van der Waals surface area (Å²) >= 11 is 0. The number of hydrogen-bond acceptors (Lipinski definition) is 3. The van der Waals surface area contributed by atoms with Gasteiger partial charge in [-0.25, -0.2) is 17.2 Å². The molecule has 6 heteroatoms. The van der Waals surface area contributed by atoms with E-state index in [-0.39, 0.29) is 12.2 Å². The number of hydrogen-bond donors (Lipinski definition) is 1. The minimum atomic E-state index is -3.40. The Balaban J connectivity index is 3.08. The predicted octanol–water partition coefficient (Wildman–Crippen LogP) is 0.794. The van der Waals surface area contributed by atoms with Gasteiger partial charge in [0.05, 0.1) is 17.0 Å². The van der Waals surface area contributed by atoms with Crippen molar-refractivity contribution >= 4 is 9.84 Å². The first-order chi connectivity index (χ1) is 6.15. The molecular weight excluding hydrogens is 212 g/mol. The molecule has 0 radical (unpaired) electrons. The fraction of sp³-hybridized carbons (Fsp3) is 1.00. The van der Waals surface area contributed by atoms with Gasteiger partial charge in [-0.05, 0) is 20.3 Å². The smallest absolute Gasteiger partial charge is 0.264 e. The summed E-state index contributed by atoms with van der Waals surface area (Å²) in [5.41, 5.74) is 4.95. The lowest BCUT2D eigenvalue weighted by atomic mass is 9.87. The van der Waals surface area contributed by atoms with E-state index in [1.807, 2.05) is 0 Å². The van der Waals surface area contributed by atoms with Crippen molar-refractivity contribution in [3.05, 3.63) is 0 Å². The monoisotopic (exact) mass is 227 g/mol. The fourth-order valence-electron chi connectivity index (χ4n) is 1.96. The lowest BCUT2D eigenvalue weighted by Crippen LogP contribution is -2.47. The van der Waals surface area contributed by atoms with E-state index in [0.717, 1.165) is 0 Å². The van der Waals surface area contributed by atoms with Gasteiger partial charge in [-0.3, -0.25) is 0 Å². The second kappa shape index (κ2) is 3.13. The van der Waals surface area contributed by atoms with Crippen LogP contribution in [0.4, 0.5) is 8.78 Å². The third-order valence-corrected chi connectivity index (χ3v) is 5.76. The summed E-state index contributed by atoms with van der Waals surface area (Å²) in [6, 6.07) is 0. The van der Waals surface area contributed by atoms with Crippen LogP contribution in [0.1, 0.15) is 20.3 Å². The molecule has 2 N–H and O–H groups in total. The van der Waals surface area contributed by atoms with Gasteiger partial charge in [0.25, 0.3) is 5.92 Å². The molecule has 1 heterocycles. The quantitative estimate of drug-likeness (QED) is 0.758. The van der Waals surface area contributed by atoms with Gasteiger partial charge in [-0.15, -0.1) is 0 Å². The van der Waals surface area contributed by atoms with E-state index >= 15 is 0 Å². The third kappa shape index (κ3) is 1.54. The van der Waals surface area contributed by atoms with Crippen molar-refractivity contribution < 1.29 is 17.2 Å². The molecular formula is C8H15F2NO2S. The topological polar surface area (TPSA) is 60.2 Å². The lowest BCUT2D eigenvalue weighted by Gasteiger charge is -2.31. The maximum Gasteiger partial charge on any atom is 0.264 e. The number of sulfone groups is 1. The Labute approximate surface area is 82.6 Å². The third-order valence-electron chi connectivity index (χ3n) is 3.10. The van der Waals surface area contributed by atoms with Gasteiger partial charge >= 0.3 is 0 Å². The first-order valence-corrected chi connectivity index (χ1v) is 6.10. The largest absolute Gasteiger partial charge is 0.325 e. The molecule has 1 aliphatic rings. The summed E-state index contributed by atoms with van der Waals surface area (Å²) in [4.78, 5) is 0. The van der Waals surface area contributed by atoms with Crippen LogP contribution >= 0.6 is 0 Å². The molecule has 3 nitrogen and oxygen atoms in total. The van der Waals surface area contributed by atoms with Gasteiger partial charge in [0.2, 0.25) is 0 Å². The summed E-state index contributed by atoms with van der Waals surface area (Å²) in [6.45, 7) is 1.91. The summed E-state index contributed by atoms with van der Waals surface area (Å²) in [6.07, 6.45) is -0.000463. The summed E-state index contributed by atoms with van der Waals surface area (Å²) in [7, 11) is -3.40. The molecule has 1 atom stereocenters. The van der Waals surface area contributed by atoms with Crippen LogP contribution in [0.3, 0.4) is 0 Å². The SMILES string of the molecule is CC1(C)C(C(F)(F)CN)CCS1(=O)=O. The summed E-state index contributed by atoms with van der Waals surface area (Å²) < 4.78 is 48.2. The minimum absolute atomic E-state index is 0.000463. The zero-order valence-electron chi connectivity index (χ0n) is 8.26. The van der Waals surface area contributed by atoms with Gasteiger partial charge < -0.3 is 5.73 Å². The van der Waals surface area contributed by atoms with Crippen LogP contribution in [0.2, 0.25) is 0 Å². The molecule has 1 fully saturated rings. The molecule has 84 valence electrons. The van der Waals surface area contributed by atoms with Crippen LogP contribution in [0, 0.1) is 5.92 Å². The van der Waals surface area contributed by atoms with E-state index in [9.17, 15) is 17.2 Å². The van der Waals surface area contributed by atoms with Crippen molar-refractivity contribution in [2.24, 2.45) is 11.7 Å².